The molecule has 4 N–H and O–H groups in total. The number of Topliss-reactive ketones (excluding diaryl/α,β-unsaturated/α-hetero) is 2. The number of halogens is 8. The standard InChI is InChI=1S/C44H40F8N6O11S/c1-3-11-70-21-6-9-26-24(13-21)43(68)58(19-54-26)30(41(66)55-27(14-33(61)62)31(59)16-45)10-7-22-35(46)37(48)39(38(49)36(22)47)69-17-32(60)28(15-34(63)64)56-40(65)29(4-2)57-18-53-25-8-5-20(44(50,51)52)12-23(25)42(57)67/h5-6,8-9,12-13,18-19,27-30H,3-4,7,10-11,14-17H2,1-2H3,(H,55,66)(H,56,65)(H,61,62)(H,63,64)/t27?,28-,29-,30-/m0/s1. The minimum atomic E-state index is -4.86. The van der Waals surface area contributed by atoms with E-state index < -0.39 is 161 Å². The number of ether oxygens (including phenoxy) is 1. The highest BCUT2D eigenvalue weighted by Gasteiger charge is 2.35. The number of amides is 2. The van der Waals surface area contributed by atoms with Crippen molar-refractivity contribution in [3.63, 3.8) is 0 Å². The zero-order valence-electron chi connectivity index (χ0n) is 36.6. The largest absolute Gasteiger partial charge is 0.481 e. The first-order valence-corrected chi connectivity index (χ1v) is 21.9. The van der Waals surface area contributed by atoms with Crippen LogP contribution >= 0.6 is 11.8 Å². The Morgan fingerprint density at radius 1 is 0.743 bits per heavy atom. The number of carbonyl (C=O) groups excluding carboxylic acids is 4. The fourth-order valence-corrected chi connectivity index (χ4v) is 7.89. The molecule has 0 saturated heterocycles. The second-order valence-electron chi connectivity index (χ2n) is 15.4. The zero-order valence-corrected chi connectivity index (χ0v) is 37.4. The molecule has 1 unspecified atom stereocenters. The first-order valence-electron chi connectivity index (χ1n) is 20.9. The second-order valence-corrected chi connectivity index (χ2v) is 16.6. The first-order chi connectivity index (χ1) is 33.0. The summed E-state index contributed by atoms with van der Waals surface area (Å²) < 4.78 is 122. The SMILES string of the molecule is CCCSc1ccc2ncn([C@@H](CCc3c(F)c(F)c(OCC(=O)[C@H](CC(=O)O)NC(=O)[C@H](CC)n4cnc5ccc(C(F)(F)F)cc5c4=O)c(F)c3F)C(=O)NC(CC(=O)O)C(=O)CF)c(=O)c2c1. The first kappa shape index (κ1) is 53.7. The summed E-state index contributed by atoms with van der Waals surface area (Å²) in [6.45, 7) is -0.0297. The summed E-state index contributed by atoms with van der Waals surface area (Å²) in [4.78, 5) is 112. The van der Waals surface area contributed by atoms with E-state index in [1.54, 1.807) is 6.07 Å². The van der Waals surface area contributed by atoms with E-state index >= 15 is 17.6 Å². The Bertz CT molecular complexity index is 2960. The topological polar surface area (TPSA) is 246 Å². The predicted molar refractivity (Wildman–Crippen MR) is 231 cm³/mol. The molecule has 374 valence electrons. The van der Waals surface area contributed by atoms with Crippen molar-refractivity contribution in [1.82, 2.24) is 29.7 Å². The van der Waals surface area contributed by atoms with E-state index in [9.17, 15) is 66.1 Å². The summed E-state index contributed by atoms with van der Waals surface area (Å²) in [5.41, 5.74) is -4.67. The fraction of sp³-hybridized carbons (Fsp3) is 0.364. The summed E-state index contributed by atoms with van der Waals surface area (Å²) in [7, 11) is 0. The Balaban J connectivity index is 1.41. The fourth-order valence-electron chi connectivity index (χ4n) is 7.08. The van der Waals surface area contributed by atoms with E-state index in [-0.39, 0.29) is 22.8 Å². The quantitative estimate of drug-likeness (QED) is 0.0363. The number of aromatic nitrogens is 4. The smallest absolute Gasteiger partial charge is 0.416 e. The average Bonchev–Trinajstić information content (AvgIpc) is 3.31. The van der Waals surface area contributed by atoms with E-state index in [4.69, 9.17) is 4.74 Å². The minimum absolute atomic E-state index is 0.0622. The monoisotopic (exact) mass is 1010 g/mol. The van der Waals surface area contributed by atoms with Crippen molar-refractivity contribution in [3.8, 4) is 5.75 Å². The van der Waals surface area contributed by atoms with Gasteiger partial charge in [0.05, 0.1) is 52.9 Å². The normalized spacial score (nSPS) is 13.3. The molecule has 5 aromatic rings. The van der Waals surface area contributed by atoms with E-state index in [0.29, 0.717) is 31.9 Å². The van der Waals surface area contributed by atoms with Crippen LogP contribution in [0.3, 0.4) is 0 Å². The molecule has 0 saturated carbocycles. The Kier molecular flexibility index (Phi) is 17.6. The average molecular weight is 1010 g/mol. The molecule has 3 aromatic carbocycles. The van der Waals surface area contributed by atoms with Crippen LogP contribution in [-0.2, 0) is 41.4 Å². The molecular weight excluding hydrogens is 973 g/mol. The maximum Gasteiger partial charge on any atom is 0.416 e. The highest BCUT2D eigenvalue weighted by Crippen LogP contribution is 2.33. The summed E-state index contributed by atoms with van der Waals surface area (Å²) in [6.07, 6.45) is -7.10. The number of carboxylic acid groups (broad SMARTS) is 2. The van der Waals surface area contributed by atoms with Gasteiger partial charge in [-0.15, -0.1) is 11.8 Å². The van der Waals surface area contributed by atoms with Gasteiger partial charge in [-0.2, -0.15) is 22.0 Å². The third-order valence-electron chi connectivity index (χ3n) is 10.6. The Morgan fingerprint density at radius 3 is 1.77 bits per heavy atom. The van der Waals surface area contributed by atoms with Crippen LogP contribution in [0.2, 0.25) is 0 Å². The van der Waals surface area contributed by atoms with Crippen LogP contribution in [0.15, 0.2) is 63.5 Å². The van der Waals surface area contributed by atoms with Gasteiger partial charge in [-0.25, -0.2) is 23.1 Å². The number of nitrogens with zero attached hydrogens (tertiary/aromatic N) is 4. The lowest BCUT2D eigenvalue weighted by Crippen LogP contribution is -2.48. The van der Waals surface area contributed by atoms with Gasteiger partial charge in [-0.1, -0.05) is 13.8 Å². The molecule has 0 bridgehead atoms. The molecule has 0 spiro atoms. The third kappa shape index (κ3) is 12.3. The molecule has 70 heavy (non-hydrogen) atoms. The van der Waals surface area contributed by atoms with Gasteiger partial charge in [-0.05, 0) is 67.8 Å². The number of ketones is 2. The Labute approximate surface area is 393 Å². The minimum Gasteiger partial charge on any atom is -0.481 e. The van der Waals surface area contributed by atoms with Gasteiger partial charge in [0, 0.05) is 10.5 Å². The van der Waals surface area contributed by atoms with Crippen molar-refractivity contribution in [2.75, 3.05) is 19.0 Å². The number of alkyl halides is 4. The summed E-state index contributed by atoms with van der Waals surface area (Å²) in [5, 5.41) is 22.2. The van der Waals surface area contributed by atoms with Crippen LogP contribution in [0.5, 0.6) is 5.75 Å². The number of rotatable bonds is 23. The number of hydrogen-bond acceptors (Lipinski definition) is 12. The van der Waals surface area contributed by atoms with E-state index in [1.165, 1.54) is 30.8 Å². The van der Waals surface area contributed by atoms with Gasteiger partial charge < -0.3 is 25.6 Å². The third-order valence-corrected chi connectivity index (χ3v) is 11.8. The Hall–Kier alpha value is -7.25. The van der Waals surface area contributed by atoms with Crippen molar-refractivity contribution in [2.45, 2.75) is 87.6 Å². The molecule has 0 aliphatic heterocycles. The lowest BCUT2D eigenvalue weighted by molar-refractivity contribution is -0.141. The molecule has 2 heterocycles. The predicted octanol–water partition coefficient (Wildman–Crippen LogP) is 5.41. The number of carbonyl (C=O) groups is 6. The summed E-state index contributed by atoms with van der Waals surface area (Å²) >= 11 is 1.37. The van der Waals surface area contributed by atoms with Crippen molar-refractivity contribution in [3.05, 3.63) is 104 Å². The number of hydrogen-bond donors (Lipinski definition) is 4. The van der Waals surface area contributed by atoms with Crippen molar-refractivity contribution in [2.24, 2.45) is 0 Å². The molecule has 2 aromatic heterocycles. The number of fused-ring (bicyclic) bond motifs is 2. The van der Waals surface area contributed by atoms with E-state index in [1.807, 2.05) is 17.6 Å². The highest BCUT2D eigenvalue weighted by atomic mass is 32.2. The Morgan fingerprint density at radius 2 is 1.26 bits per heavy atom. The van der Waals surface area contributed by atoms with Gasteiger partial charge >= 0.3 is 18.1 Å². The summed E-state index contributed by atoms with van der Waals surface area (Å²) in [6, 6.07) is -0.984. The molecule has 5 rings (SSSR count). The van der Waals surface area contributed by atoms with Gasteiger partial charge in [0.15, 0.2) is 29.0 Å². The van der Waals surface area contributed by atoms with Gasteiger partial charge in [-0.3, -0.25) is 47.5 Å². The molecule has 26 heteroatoms. The molecule has 0 aliphatic carbocycles. The maximum absolute atomic E-state index is 15.7. The molecule has 2 amide bonds. The lowest BCUT2D eigenvalue weighted by atomic mass is 10.0. The molecular formula is C44H40F8N6O11S. The number of aliphatic carboxylic acids is 2. The van der Waals surface area contributed by atoms with Crippen molar-refractivity contribution < 1.29 is 78.8 Å². The zero-order chi connectivity index (χ0) is 51.8. The second kappa shape index (κ2) is 22.9. The van der Waals surface area contributed by atoms with Gasteiger partial charge in [0.2, 0.25) is 23.4 Å². The van der Waals surface area contributed by atoms with Gasteiger partial charge in [0.25, 0.3) is 11.1 Å². The van der Waals surface area contributed by atoms with Gasteiger partial charge in [0.1, 0.15) is 37.4 Å². The highest BCUT2D eigenvalue weighted by molar-refractivity contribution is 7.99. The van der Waals surface area contributed by atoms with Crippen molar-refractivity contribution >= 4 is 68.9 Å². The molecule has 0 aliphatic rings. The van der Waals surface area contributed by atoms with E-state index in [2.05, 4.69) is 9.97 Å². The number of benzene rings is 3. The van der Waals surface area contributed by atoms with Crippen LogP contribution in [0.4, 0.5) is 35.1 Å². The number of thioether (sulfide) groups is 1. The number of carboxylic acids is 2. The number of nitrogens with one attached hydrogen (secondary N) is 2. The molecule has 0 radical (unpaired) electrons. The molecule has 0 fully saturated rings. The maximum atomic E-state index is 15.7. The van der Waals surface area contributed by atoms with E-state index in [0.717, 1.165) is 25.1 Å². The summed E-state index contributed by atoms with van der Waals surface area (Å²) in [5.74, 6) is -18.8. The van der Waals surface area contributed by atoms with Crippen molar-refractivity contribution in [1.29, 1.82) is 0 Å². The van der Waals surface area contributed by atoms with Crippen LogP contribution in [-0.4, -0.2) is 95.8 Å². The van der Waals surface area contributed by atoms with Crippen LogP contribution < -0.4 is 26.5 Å². The van der Waals surface area contributed by atoms with Crippen LogP contribution in [0.25, 0.3) is 21.8 Å². The molecule has 4 atom stereocenters. The lowest BCUT2D eigenvalue weighted by Gasteiger charge is -2.23. The van der Waals surface area contributed by atoms with Crippen LogP contribution in [0.1, 0.15) is 69.2 Å². The van der Waals surface area contributed by atoms with Crippen LogP contribution in [0, 0.1) is 23.3 Å². The molecule has 17 nitrogen and oxygen atoms in total.